The molecule has 0 aliphatic carbocycles. The van der Waals surface area contributed by atoms with Crippen molar-refractivity contribution in [2.45, 2.75) is 51.0 Å². The Morgan fingerprint density at radius 2 is 1.70 bits per heavy atom. The summed E-state index contributed by atoms with van der Waals surface area (Å²) in [5, 5.41) is 0. The average Bonchev–Trinajstić information content (AvgIpc) is 2.78. The molecule has 8 heteroatoms. The number of nitrogens with one attached hydrogen (secondary N) is 1. The number of rotatable bonds is 4. The van der Waals surface area contributed by atoms with Gasteiger partial charge in [0.05, 0.1) is 16.2 Å². The fraction of sp³-hybridized carbons (Fsp3) is 0.320. The first-order valence-corrected chi connectivity index (χ1v) is 12.4. The number of aromatic nitrogens is 2. The second-order valence-corrected chi connectivity index (χ2v) is 11.0. The zero-order valence-corrected chi connectivity index (χ0v) is 20.1. The fourth-order valence-electron chi connectivity index (χ4n) is 3.87. The highest BCUT2D eigenvalue weighted by Crippen LogP contribution is 2.24. The van der Waals surface area contributed by atoms with Crippen molar-refractivity contribution in [2.75, 3.05) is 11.4 Å². The summed E-state index contributed by atoms with van der Waals surface area (Å²) >= 11 is 0. The van der Waals surface area contributed by atoms with Crippen molar-refractivity contribution in [2.24, 2.45) is 0 Å². The summed E-state index contributed by atoms with van der Waals surface area (Å²) in [6.45, 7) is 9.30. The van der Waals surface area contributed by atoms with Crippen LogP contribution in [0.3, 0.4) is 0 Å². The molecule has 4 rings (SSSR count). The van der Waals surface area contributed by atoms with Gasteiger partial charge in [0.2, 0.25) is 5.95 Å². The van der Waals surface area contributed by atoms with Crippen LogP contribution in [0.1, 0.15) is 53.5 Å². The lowest BCUT2D eigenvalue weighted by Crippen LogP contribution is -2.33. The summed E-state index contributed by atoms with van der Waals surface area (Å²) < 4.78 is 27.6. The topological polar surface area (TPSA) is 92.3 Å². The predicted octanol–water partition coefficient (Wildman–Crippen LogP) is 3.76. The summed E-state index contributed by atoms with van der Waals surface area (Å²) in [7, 11) is -4.02. The maximum absolute atomic E-state index is 12.7. The SMILES string of the molecule is Cc1nc(N2CCc3ccccc3C2)ncc1C(=O)NS(=O)(=O)c1ccc(C(C)(C)C)cc1. The molecule has 0 spiro atoms. The lowest BCUT2D eigenvalue weighted by Gasteiger charge is -2.29. The van der Waals surface area contributed by atoms with Gasteiger partial charge in [-0.15, -0.1) is 0 Å². The maximum Gasteiger partial charge on any atom is 0.268 e. The van der Waals surface area contributed by atoms with E-state index in [-0.39, 0.29) is 15.9 Å². The van der Waals surface area contributed by atoms with E-state index in [4.69, 9.17) is 0 Å². The molecule has 0 fully saturated rings. The molecule has 0 bridgehead atoms. The van der Waals surface area contributed by atoms with Gasteiger partial charge >= 0.3 is 0 Å². The largest absolute Gasteiger partial charge is 0.336 e. The molecular formula is C25H28N4O3S. The first kappa shape index (κ1) is 22.9. The van der Waals surface area contributed by atoms with Crippen molar-refractivity contribution in [3.8, 4) is 0 Å². The van der Waals surface area contributed by atoms with Gasteiger partial charge in [0.25, 0.3) is 15.9 Å². The summed E-state index contributed by atoms with van der Waals surface area (Å²) in [5.74, 6) is -0.220. The Kier molecular flexibility index (Phi) is 5.97. The molecule has 1 N–H and O–H groups in total. The monoisotopic (exact) mass is 464 g/mol. The van der Waals surface area contributed by atoms with Gasteiger partial charge in [0.1, 0.15) is 0 Å². The standard InChI is InChI=1S/C25H28N4O3S/c1-17-22(15-26-24(27-17)29-14-13-18-7-5-6-8-19(18)16-29)23(30)28-33(31,32)21-11-9-20(10-12-21)25(2,3)4/h5-12,15H,13-14,16H2,1-4H3,(H,28,30). The number of hydrogen-bond donors (Lipinski definition) is 1. The molecule has 0 saturated carbocycles. The van der Waals surface area contributed by atoms with Crippen molar-refractivity contribution in [3.05, 3.63) is 82.7 Å². The third-order valence-corrected chi connectivity index (χ3v) is 7.23. The van der Waals surface area contributed by atoms with Gasteiger partial charge in [0.15, 0.2) is 0 Å². The highest BCUT2D eigenvalue weighted by Gasteiger charge is 2.24. The van der Waals surface area contributed by atoms with Crippen LogP contribution in [-0.2, 0) is 28.4 Å². The average molecular weight is 465 g/mol. The lowest BCUT2D eigenvalue weighted by molar-refractivity contribution is 0.0980. The highest BCUT2D eigenvalue weighted by atomic mass is 32.2. The minimum Gasteiger partial charge on any atom is -0.336 e. The van der Waals surface area contributed by atoms with E-state index in [1.54, 1.807) is 19.1 Å². The molecule has 1 aliphatic heterocycles. The molecule has 2 aromatic carbocycles. The van der Waals surface area contributed by atoms with Gasteiger partial charge in [-0.3, -0.25) is 4.79 Å². The van der Waals surface area contributed by atoms with Gasteiger partial charge < -0.3 is 4.90 Å². The van der Waals surface area contributed by atoms with Gasteiger partial charge in [-0.2, -0.15) is 0 Å². The molecule has 0 saturated heterocycles. The Bertz CT molecular complexity index is 1300. The quantitative estimate of drug-likeness (QED) is 0.632. The van der Waals surface area contributed by atoms with Crippen LogP contribution < -0.4 is 9.62 Å². The molecule has 33 heavy (non-hydrogen) atoms. The zero-order valence-electron chi connectivity index (χ0n) is 19.3. The number of fused-ring (bicyclic) bond motifs is 1. The Hall–Kier alpha value is -3.26. The fourth-order valence-corrected chi connectivity index (χ4v) is 4.83. The molecule has 2 heterocycles. The summed E-state index contributed by atoms with van der Waals surface area (Å²) in [5.41, 5.74) is 4.02. The summed E-state index contributed by atoms with van der Waals surface area (Å²) in [4.78, 5) is 23.7. The molecule has 1 aliphatic rings. The van der Waals surface area contributed by atoms with E-state index in [0.29, 0.717) is 18.2 Å². The van der Waals surface area contributed by atoms with E-state index in [1.165, 1.54) is 29.5 Å². The van der Waals surface area contributed by atoms with E-state index in [0.717, 1.165) is 18.5 Å². The number of nitrogens with zero attached hydrogens (tertiary/aromatic N) is 3. The molecule has 1 aromatic heterocycles. The van der Waals surface area contributed by atoms with Crippen LogP contribution in [0.15, 0.2) is 59.6 Å². The number of carbonyl (C=O) groups excluding carboxylic acids is 1. The lowest BCUT2D eigenvalue weighted by atomic mass is 9.87. The van der Waals surface area contributed by atoms with E-state index >= 15 is 0 Å². The number of amides is 1. The summed E-state index contributed by atoms with van der Waals surface area (Å²) in [6, 6.07) is 14.8. The van der Waals surface area contributed by atoms with Crippen LogP contribution in [0, 0.1) is 6.92 Å². The van der Waals surface area contributed by atoms with Crippen molar-refractivity contribution >= 4 is 21.9 Å². The maximum atomic E-state index is 12.7. The smallest absolute Gasteiger partial charge is 0.268 e. The van der Waals surface area contributed by atoms with Crippen molar-refractivity contribution < 1.29 is 13.2 Å². The van der Waals surface area contributed by atoms with Crippen LogP contribution >= 0.6 is 0 Å². The highest BCUT2D eigenvalue weighted by molar-refractivity contribution is 7.90. The molecule has 7 nitrogen and oxygen atoms in total. The number of sulfonamides is 1. The van der Waals surface area contributed by atoms with Crippen molar-refractivity contribution in [1.82, 2.24) is 14.7 Å². The molecule has 0 radical (unpaired) electrons. The van der Waals surface area contributed by atoms with Gasteiger partial charge in [-0.05, 0) is 47.6 Å². The molecular weight excluding hydrogens is 436 g/mol. The molecule has 0 atom stereocenters. The number of hydrogen-bond acceptors (Lipinski definition) is 6. The number of anilines is 1. The van der Waals surface area contributed by atoms with E-state index < -0.39 is 15.9 Å². The van der Waals surface area contributed by atoms with Crippen molar-refractivity contribution in [1.29, 1.82) is 0 Å². The van der Waals surface area contributed by atoms with Crippen LogP contribution in [0.4, 0.5) is 5.95 Å². The number of benzene rings is 2. The van der Waals surface area contributed by atoms with Crippen molar-refractivity contribution in [3.63, 3.8) is 0 Å². The molecule has 1 amide bonds. The van der Waals surface area contributed by atoms with Crippen LogP contribution in [0.25, 0.3) is 0 Å². The van der Waals surface area contributed by atoms with Gasteiger partial charge in [0, 0.05) is 19.3 Å². The minimum absolute atomic E-state index is 0.0334. The number of aryl methyl sites for hydroxylation is 1. The first-order valence-electron chi connectivity index (χ1n) is 10.9. The van der Waals surface area contributed by atoms with E-state index in [1.807, 2.05) is 32.9 Å². The minimum atomic E-state index is -4.02. The van der Waals surface area contributed by atoms with Gasteiger partial charge in [-0.25, -0.2) is 23.1 Å². The van der Waals surface area contributed by atoms with E-state index in [9.17, 15) is 13.2 Å². The Labute approximate surface area is 194 Å². The third-order valence-electron chi connectivity index (χ3n) is 5.88. The zero-order chi connectivity index (χ0) is 23.8. The van der Waals surface area contributed by atoms with Crippen LogP contribution in [-0.4, -0.2) is 30.8 Å². The van der Waals surface area contributed by atoms with E-state index in [2.05, 4.69) is 31.7 Å². The third kappa shape index (κ3) is 4.90. The first-order chi connectivity index (χ1) is 15.5. The molecule has 3 aromatic rings. The predicted molar refractivity (Wildman–Crippen MR) is 128 cm³/mol. The van der Waals surface area contributed by atoms with Crippen LogP contribution in [0.5, 0.6) is 0 Å². The normalized spacial score (nSPS) is 14.0. The summed E-state index contributed by atoms with van der Waals surface area (Å²) in [6.07, 6.45) is 2.29. The number of carbonyl (C=O) groups is 1. The Morgan fingerprint density at radius 3 is 2.33 bits per heavy atom. The van der Waals surface area contributed by atoms with Gasteiger partial charge in [-0.1, -0.05) is 57.2 Å². The Morgan fingerprint density at radius 1 is 1.03 bits per heavy atom. The second-order valence-electron chi connectivity index (χ2n) is 9.32. The van der Waals surface area contributed by atoms with Crippen LogP contribution in [0.2, 0.25) is 0 Å². The molecule has 0 unspecified atom stereocenters. The molecule has 172 valence electrons. The Balaban J connectivity index is 1.50. The second kappa shape index (κ2) is 8.59.